The topological polar surface area (TPSA) is 46.3 Å². The molecule has 1 heterocycles. The minimum absolute atomic E-state index is 0.0426. The zero-order valence-electron chi connectivity index (χ0n) is 11.6. The van der Waals surface area contributed by atoms with Gasteiger partial charge in [-0.1, -0.05) is 12.8 Å². The molecule has 3 rings (SSSR count). The van der Waals surface area contributed by atoms with Crippen molar-refractivity contribution in [3.8, 4) is 0 Å². The Morgan fingerprint density at radius 1 is 1.26 bits per heavy atom. The second kappa shape index (κ2) is 4.87. The van der Waals surface area contributed by atoms with Gasteiger partial charge in [-0.2, -0.15) is 0 Å². The van der Waals surface area contributed by atoms with Crippen LogP contribution in [0.25, 0.3) is 0 Å². The van der Waals surface area contributed by atoms with E-state index in [1.807, 2.05) is 12.1 Å². The number of fused-ring (bicyclic) bond motifs is 1. The van der Waals surface area contributed by atoms with Crippen molar-refractivity contribution in [2.75, 3.05) is 17.2 Å². The highest BCUT2D eigenvalue weighted by molar-refractivity contribution is 5.99. The Morgan fingerprint density at radius 2 is 2.05 bits per heavy atom. The Morgan fingerprint density at radius 3 is 2.79 bits per heavy atom. The number of nitrogen functional groups attached to an aromatic ring is 1. The monoisotopic (exact) mass is 258 g/mol. The molecule has 1 aromatic carbocycles. The van der Waals surface area contributed by atoms with Crippen LogP contribution in [-0.2, 0) is 0 Å². The fraction of sp³-hybridized carbons (Fsp3) is 0.562. The lowest BCUT2D eigenvalue weighted by atomic mass is 9.85. The van der Waals surface area contributed by atoms with E-state index in [0.29, 0.717) is 17.3 Å². The molecule has 1 saturated heterocycles. The number of anilines is 2. The highest BCUT2D eigenvalue weighted by Crippen LogP contribution is 2.39. The largest absolute Gasteiger partial charge is 0.398 e. The molecule has 2 N–H and O–H groups in total. The lowest BCUT2D eigenvalue weighted by Crippen LogP contribution is -2.34. The van der Waals surface area contributed by atoms with Gasteiger partial charge in [0.2, 0.25) is 0 Å². The summed E-state index contributed by atoms with van der Waals surface area (Å²) < 4.78 is 0. The first-order chi connectivity index (χ1) is 9.16. The summed E-state index contributed by atoms with van der Waals surface area (Å²) in [4.78, 5) is 13.9. The van der Waals surface area contributed by atoms with Crippen molar-refractivity contribution >= 4 is 17.2 Å². The molecule has 3 nitrogen and oxygen atoms in total. The maximum absolute atomic E-state index is 11.4. The molecule has 0 radical (unpaired) electrons. The molecule has 1 aliphatic carbocycles. The fourth-order valence-corrected chi connectivity index (χ4v) is 3.78. The van der Waals surface area contributed by atoms with E-state index in [1.54, 1.807) is 6.92 Å². The molecule has 3 heteroatoms. The van der Waals surface area contributed by atoms with Crippen LogP contribution in [0.4, 0.5) is 11.4 Å². The Balaban J connectivity index is 1.86. The number of carbonyl (C=O) groups is 1. The molecule has 2 fully saturated rings. The van der Waals surface area contributed by atoms with E-state index < -0.39 is 0 Å². The van der Waals surface area contributed by atoms with Crippen molar-refractivity contribution in [3.05, 3.63) is 23.8 Å². The van der Waals surface area contributed by atoms with Crippen molar-refractivity contribution in [3.63, 3.8) is 0 Å². The van der Waals surface area contributed by atoms with Gasteiger partial charge < -0.3 is 10.6 Å². The third kappa shape index (κ3) is 2.22. The molecule has 0 spiro atoms. The predicted octanol–water partition coefficient (Wildman–Crippen LogP) is 3.24. The summed E-state index contributed by atoms with van der Waals surface area (Å²) in [7, 11) is 0. The van der Waals surface area contributed by atoms with Crippen LogP contribution < -0.4 is 10.6 Å². The van der Waals surface area contributed by atoms with Gasteiger partial charge in [0, 0.05) is 29.5 Å². The summed E-state index contributed by atoms with van der Waals surface area (Å²) in [6.07, 6.45) is 6.72. The number of hydrogen-bond acceptors (Lipinski definition) is 3. The number of nitrogens with two attached hydrogens (primary N) is 1. The van der Waals surface area contributed by atoms with Gasteiger partial charge in [-0.25, -0.2) is 0 Å². The number of hydrogen-bond donors (Lipinski definition) is 1. The van der Waals surface area contributed by atoms with E-state index in [2.05, 4.69) is 11.0 Å². The van der Waals surface area contributed by atoms with Gasteiger partial charge in [0.25, 0.3) is 0 Å². The number of nitrogens with zero attached hydrogens (tertiary/aromatic N) is 1. The lowest BCUT2D eigenvalue weighted by molar-refractivity contribution is 0.101. The second-order valence-electron chi connectivity index (χ2n) is 5.92. The summed E-state index contributed by atoms with van der Waals surface area (Å²) >= 11 is 0. The first kappa shape index (κ1) is 12.5. The van der Waals surface area contributed by atoms with Gasteiger partial charge in [0.05, 0.1) is 0 Å². The normalized spacial score (nSPS) is 26.3. The molecule has 19 heavy (non-hydrogen) atoms. The molecule has 1 aliphatic heterocycles. The van der Waals surface area contributed by atoms with Crippen molar-refractivity contribution in [2.24, 2.45) is 5.92 Å². The molecular formula is C16H22N2O. The van der Waals surface area contributed by atoms with Gasteiger partial charge >= 0.3 is 0 Å². The van der Waals surface area contributed by atoms with Gasteiger partial charge in [-0.05, 0) is 50.3 Å². The highest BCUT2D eigenvalue weighted by atomic mass is 16.1. The Kier molecular flexibility index (Phi) is 3.21. The molecule has 0 amide bonds. The third-order valence-electron chi connectivity index (χ3n) is 4.76. The quantitative estimate of drug-likeness (QED) is 0.654. The summed E-state index contributed by atoms with van der Waals surface area (Å²) in [5, 5.41) is 0. The average Bonchev–Trinajstić information content (AvgIpc) is 2.82. The Hall–Kier alpha value is -1.51. The van der Waals surface area contributed by atoms with Gasteiger partial charge in [0.15, 0.2) is 5.78 Å². The first-order valence-electron chi connectivity index (χ1n) is 7.34. The molecule has 2 aliphatic rings. The molecule has 2 unspecified atom stereocenters. The maximum Gasteiger partial charge on any atom is 0.161 e. The summed E-state index contributed by atoms with van der Waals surface area (Å²) in [6, 6.07) is 6.61. The van der Waals surface area contributed by atoms with Gasteiger partial charge in [0.1, 0.15) is 0 Å². The van der Waals surface area contributed by atoms with Gasteiger partial charge in [-0.15, -0.1) is 0 Å². The van der Waals surface area contributed by atoms with Crippen LogP contribution in [0.1, 0.15) is 49.4 Å². The summed E-state index contributed by atoms with van der Waals surface area (Å²) in [5.41, 5.74) is 8.46. The zero-order valence-corrected chi connectivity index (χ0v) is 11.6. The zero-order chi connectivity index (χ0) is 13.4. The minimum Gasteiger partial charge on any atom is -0.398 e. The van der Waals surface area contributed by atoms with Crippen molar-refractivity contribution < 1.29 is 4.79 Å². The molecule has 1 saturated carbocycles. The minimum atomic E-state index is 0.0426. The summed E-state index contributed by atoms with van der Waals surface area (Å²) in [5.74, 6) is 0.906. The SMILES string of the molecule is CC(=O)c1ccc(N2CCC3CCCCC32)cc1N. The number of rotatable bonds is 2. The standard InChI is InChI=1S/C16H22N2O/c1-11(19)14-7-6-13(10-15(14)17)18-9-8-12-4-2-3-5-16(12)18/h6-7,10,12,16H,2-5,8-9,17H2,1H3. The molecule has 0 aromatic heterocycles. The van der Waals surface area contributed by atoms with E-state index in [-0.39, 0.29) is 5.78 Å². The Labute approximate surface area is 114 Å². The fourth-order valence-electron chi connectivity index (χ4n) is 3.78. The van der Waals surface area contributed by atoms with Crippen LogP contribution in [0.2, 0.25) is 0 Å². The molecular weight excluding hydrogens is 236 g/mol. The second-order valence-corrected chi connectivity index (χ2v) is 5.92. The van der Waals surface area contributed by atoms with Crippen molar-refractivity contribution in [1.29, 1.82) is 0 Å². The van der Waals surface area contributed by atoms with Crippen LogP contribution in [0, 0.1) is 5.92 Å². The smallest absolute Gasteiger partial charge is 0.161 e. The summed E-state index contributed by atoms with van der Waals surface area (Å²) in [6.45, 7) is 2.70. The van der Waals surface area contributed by atoms with E-state index in [0.717, 1.165) is 12.5 Å². The van der Waals surface area contributed by atoms with Crippen LogP contribution in [0.5, 0.6) is 0 Å². The molecule has 2 atom stereocenters. The average molecular weight is 258 g/mol. The number of carbonyl (C=O) groups excluding carboxylic acids is 1. The van der Waals surface area contributed by atoms with Gasteiger partial charge in [-0.3, -0.25) is 4.79 Å². The van der Waals surface area contributed by atoms with Crippen LogP contribution in [0.15, 0.2) is 18.2 Å². The predicted molar refractivity (Wildman–Crippen MR) is 78.6 cm³/mol. The lowest BCUT2D eigenvalue weighted by Gasteiger charge is -2.33. The Bertz CT molecular complexity index is 498. The number of ketones is 1. The molecule has 102 valence electrons. The number of benzene rings is 1. The maximum atomic E-state index is 11.4. The van der Waals surface area contributed by atoms with Crippen LogP contribution in [-0.4, -0.2) is 18.4 Å². The molecule has 1 aromatic rings. The van der Waals surface area contributed by atoms with Crippen LogP contribution >= 0.6 is 0 Å². The van der Waals surface area contributed by atoms with E-state index in [1.165, 1.54) is 37.8 Å². The van der Waals surface area contributed by atoms with Crippen molar-refractivity contribution in [1.82, 2.24) is 0 Å². The molecule has 0 bridgehead atoms. The van der Waals surface area contributed by atoms with E-state index >= 15 is 0 Å². The van der Waals surface area contributed by atoms with Crippen molar-refractivity contribution in [2.45, 2.75) is 45.1 Å². The third-order valence-corrected chi connectivity index (χ3v) is 4.76. The van der Waals surface area contributed by atoms with E-state index in [9.17, 15) is 4.79 Å². The van der Waals surface area contributed by atoms with E-state index in [4.69, 9.17) is 5.73 Å². The number of Topliss-reactive ketones (excluding diaryl/α,β-unsaturated/α-hetero) is 1. The highest BCUT2D eigenvalue weighted by Gasteiger charge is 2.35. The first-order valence-corrected chi connectivity index (χ1v) is 7.34. The van der Waals surface area contributed by atoms with Crippen LogP contribution in [0.3, 0.4) is 0 Å².